The van der Waals surface area contributed by atoms with Crippen molar-refractivity contribution in [3.8, 4) is 0 Å². The summed E-state index contributed by atoms with van der Waals surface area (Å²) in [5.41, 5.74) is 2.23. The summed E-state index contributed by atoms with van der Waals surface area (Å²) in [5.74, 6) is 0. The van der Waals surface area contributed by atoms with Crippen LogP contribution in [0.4, 0.5) is 0 Å². The Morgan fingerprint density at radius 3 is 2.79 bits per heavy atom. The molecule has 0 spiro atoms. The van der Waals surface area contributed by atoms with Crippen molar-refractivity contribution in [2.24, 2.45) is 0 Å². The van der Waals surface area contributed by atoms with Crippen molar-refractivity contribution in [2.75, 3.05) is 6.54 Å². The number of fused-ring (bicyclic) bond motifs is 1. The Morgan fingerprint density at radius 1 is 1.29 bits per heavy atom. The van der Waals surface area contributed by atoms with Gasteiger partial charge in [0.05, 0.1) is 4.90 Å². The van der Waals surface area contributed by atoms with Gasteiger partial charge in [-0.25, -0.2) is 8.42 Å². The molecular weight excluding hydrogens is 222 g/mol. The zero-order chi connectivity index (χ0) is 10.2. The molecule has 0 radical (unpaired) electrons. The minimum absolute atomic E-state index is 0.194. The topological polar surface area (TPSA) is 46.2 Å². The monoisotopic (exact) mass is 231 g/mol. The largest absolute Gasteiger partial charge is 0.312 e. The standard InChI is InChI=1S/C9H10ClNO2S/c10-14(12,13)9-2-1-8-6-11-4-3-7(8)5-9/h1-2,5,11H,3-4,6H2. The maximum Gasteiger partial charge on any atom is 0.261 e. The summed E-state index contributed by atoms with van der Waals surface area (Å²) in [7, 11) is 1.67. The van der Waals surface area contributed by atoms with E-state index in [1.54, 1.807) is 12.1 Å². The first-order chi connectivity index (χ1) is 6.57. The Morgan fingerprint density at radius 2 is 2.07 bits per heavy atom. The highest BCUT2D eigenvalue weighted by molar-refractivity contribution is 8.13. The van der Waals surface area contributed by atoms with Gasteiger partial charge in [-0.1, -0.05) is 6.07 Å². The minimum Gasteiger partial charge on any atom is -0.312 e. The molecule has 0 saturated carbocycles. The quantitative estimate of drug-likeness (QED) is 0.741. The highest BCUT2D eigenvalue weighted by Gasteiger charge is 2.14. The van der Waals surface area contributed by atoms with Crippen molar-refractivity contribution < 1.29 is 8.42 Å². The van der Waals surface area contributed by atoms with Gasteiger partial charge >= 0.3 is 0 Å². The molecule has 2 rings (SSSR count). The van der Waals surface area contributed by atoms with Crippen molar-refractivity contribution in [2.45, 2.75) is 17.9 Å². The fourth-order valence-electron chi connectivity index (χ4n) is 1.61. The summed E-state index contributed by atoms with van der Waals surface area (Å²) in [6.07, 6.45) is 0.857. The molecule has 1 aliphatic heterocycles. The summed E-state index contributed by atoms with van der Waals surface area (Å²) >= 11 is 0. The Bertz CT molecular complexity index is 456. The lowest BCUT2D eigenvalue weighted by molar-refractivity contribution is 0.608. The molecule has 1 N–H and O–H groups in total. The molecule has 0 saturated heterocycles. The smallest absolute Gasteiger partial charge is 0.261 e. The van der Waals surface area contributed by atoms with Gasteiger partial charge in [0.15, 0.2) is 0 Å². The van der Waals surface area contributed by atoms with Crippen LogP contribution in [0.3, 0.4) is 0 Å². The van der Waals surface area contributed by atoms with Crippen molar-refractivity contribution in [3.05, 3.63) is 29.3 Å². The normalized spacial score (nSPS) is 16.4. The summed E-state index contributed by atoms with van der Waals surface area (Å²) in [4.78, 5) is 0.194. The van der Waals surface area contributed by atoms with Crippen molar-refractivity contribution >= 4 is 19.7 Å². The van der Waals surface area contributed by atoms with Crippen molar-refractivity contribution in [3.63, 3.8) is 0 Å². The number of hydrogen-bond acceptors (Lipinski definition) is 3. The van der Waals surface area contributed by atoms with Crippen LogP contribution in [0.15, 0.2) is 23.1 Å². The maximum absolute atomic E-state index is 11.1. The fraction of sp³-hybridized carbons (Fsp3) is 0.333. The van der Waals surface area contributed by atoms with E-state index in [1.807, 2.05) is 6.07 Å². The Hall–Kier alpha value is -0.580. The first kappa shape index (κ1) is 9.96. The third kappa shape index (κ3) is 1.92. The predicted octanol–water partition coefficient (Wildman–Crippen LogP) is 1.26. The van der Waals surface area contributed by atoms with E-state index in [-0.39, 0.29) is 4.90 Å². The van der Waals surface area contributed by atoms with Crippen LogP contribution in [0.2, 0.25) is 0 Å². The molecule has 76 valence electrons. The molecule has 0 aromatic heterocycles. The minimum atomic E-state index is -3.58. The second-order valence-electron chi connectivity index (χ2n) is 3.30. The van der Waals surface area contributed by atoms with Crippen LogP contribution in [-0.4, -0.2) is 15.0 Å². The molecule has 1 aliphatic rings. The highest BCUT2D eigenvalue weighted by atomic mass is 35.7. The van der Waals surface area contributed by atoms with Gasteiger partial charge in [-0.15, -0.1) is 0 Å². The second-order valence-corrected chi connectivity index (χ2v) is 5.86. The molecule has 0 unspecified atom stereocenters. The number of hydrogen-bond donors (Lipinski definition) is 1. The number of rotatable bonds is 1. The molecule has 1 aromatic carbocycles. The summed E-state index contributed by atoms with van der Waals surface area (Å²) < 4.78 is 22.1. The van der Waals surface area contributed by atoms with E-state index in [1.165, 1.54) is 0 Å². The molecule has 5 heteroatoms. The first-order valence-electron chi connectivity index (χ1n) is 4.34. The van der Waals surface area contributed by atoms with Gasteiger partial charge in [0.25, 0.3) is 9.05 Å². The van der Waals surface area contributed by atoms with Crippen molar-refractivity contribution in [1.82, 2.24) is 5.32 Å². The lowest BCUT2D eigenvalue weighted by atomic mass is 10.0. The van der Waals surface area contributed by atoms with E-state index in [0.717, 1.165) is 30.6 Å². The van der Waals surface area contributed by atoms with E-state index in [2.05, 4.69) is 5.32 Å². The zero-order valence-electron chi connectivity index (χ0n) is 7.46. The third-order valence-electron chi connectivity index (χ3n) is 2.35. The molecule has 3 nitrogen and oxygen atoms in total. The molecular formula is C9H10ClNO2S. The average Bonchev–Trinajstić information content (AvgIpc) is 2.16. The molecule has 1 aromatic rings. The Kier molecular flexibility index (Phi) is 2.51. The van der Waals surface area contributed by atoms with Gasteiger partial charge in [0.2, 0.25) is 0 Å². The predicted molar refractivity (Wildman–Crippen MR) is 54.9 cm³/mol. The van der Waals surface area contributed by atoms with Gasteiger partial charge in [0, 0.05) is 17.2 Å². The lowest BCUT2D eigenvalue weighted by Crippen LogP contribution is -2.23. The highest BCUT2D eigenvalue weighted by Crippen LogP contribution is 2.21. The number of halogens is 1. The average molecular weight is 232 g/mol. The molecule has 1 heterocycles. The summed E-state index contributed by atoms with van der Waals surface area (Å²) in [5, 5.41) is 3.22. The summed E-state index contributed by atoms with van der Waals surface area (Å²) in [6, 6.07) is 5.03. The van der Waals surface area contributed by atoms with E-state index in [9.17, 15) is 8.42 Å². The Labute approximate surface area is 87.5 Å². The van der Waals surface area contributed by atoms with Gasteiger partial charge in [-0.2, -0.15) is 0 Å². The third-order valence-corrected chi connectivity index (χ3v) is 3.70. The van der Waals surface area contributed by atoms with Crippen LogP contribution in [0, 0.1) is 0 Å². The molecule has 0 amide bonds. The van der Waals surface area contributed by atoms with Crippen LogP contribution < -0.4 is 5.32 Å². The van der Waals surface area contributed by atoms with Crippen LogP contribution in [0.1, 0.15) is 11.1 Å². The number of nitrogens with one attached hydrogen (secondary N) is 1. The molecule has 0 aliphatic carbocycles. The molecule has 0 fully saturated rings. The first-order valence-corrected chi connectivity index (χ1v) is 6.65. The molecule has 14 heavy (non-hydrogen) atoms. The van der Waals surface area contributed by atoms with E-state index in [0.29, 0.717) is 0 Å². The second kappa shape index (κ2) is 3.53. The van der Waals surface area contributed by atoms with Crippen LogP contribution in [-0.2, 0) is 22.0 Å². The lowest BCUT2D eigenvalue weighted by Gasteiger charge is -2.17. The van der Waals surface area contributed by atoms with Crippen LogP contribution in [0.5, 0.6) is 0 Å². The van der Waals surface area contributed by atoms with E-state index >= 15 is 0 Å². The van der Waals surface area contributed by atoms with E-state index in [4.69, 9.17) is 10.7 Å². The van der Waals surface area contributed by atoms with Crippen LogP contribution >= 0.6 is 10.7 Å². The Balaban J connectivity index is 2.49. The zero-order valence-corrected chi connectivity index (χ0v) is 9.03. The fourth-order valence-corrected chi connectivity index (χ4v) is 2.41. The van der Waals surface area contributed by atoms with Gasteiger partial charge in [-0.05, 0) is 36.2 Å². The van der Waals surface area contributed by atoms with Gasteiger partial charge < -0.3 is 5.32 Å². The van der Waals surface area contributed by atoms with Crippen LogP contribution in [0.25, 0.3) is 0 Å². The van der Waals surface area contributed by atoms with E-state index < -0.39 is 9.05 Å². The molecule has 0 atom stereocenters. The van der Waals surface area contributed by atoms with Crippen molar-refractivity contribution in [1.29, 1.82) is 0 Å². The molecule has 0 bridgehead atoms. The van der Waals surface area contributed by atoms with Gasteiger partial charge in [0.1, 0.15) is 0 Å². The van der Waals surface area contributed by atoms with Gasteiger partial charge in [-0.3, -0.25) is 0 Å². The SMILES string of the molecule is O=S(=O)(Cl)c1ccc2c(c1)CCNC2. The number of benzene rings is 1. The summed E-state index contributed by atoms with van der Waals surface area (Å²) in [6.45, 7) is 1.69. The maximum atomic E-state index is 11.1.